The van der Waals surface area contributed by atoms with Crippen molar-refractivity contribution in [3.8, 4) is 11.5 Å². The fourth-order valence-electron chi connectivity index (χ4n) is 1.44. The second-order valence-corrected chi connectivity index (χ2v) is 3.10. The van der Waals surface area contributed by atoms with Crippen molar-refractivity contribution >= 4 is 6.09 Å². The minimum Gasteiger partial charge on any atom is -0.486 e. The van der Waals surface area contributed by atoms with Gasteiger partial charge in [0.2, 0.25) is 0 Å². The van der Waals surface area contributed by atoms with Gasteiger partial charge >= 0.3 is 6.09 Å². The first-order valence-corrected chi connectivity index (χ1v) is 4.61. The van der Waals surface area contributed by atoms with E-state index in [9.17, 15) is 4.79 Å². The average molecular weight is 209 g/mol. The first kappa shape index (κ1) is 9.64. The molecule has 0 bridgehead atoms. The van der Waals surface area contributed by atoms with Crippen LogP contribution in [0.4, 0.5) is 4.79 Å². The van der Waals surface area contributed by atoms with Gasteiger partial charge in [0.25, 0.3) is 0 Å². The fraction of sp³-hybridized carbons (Fsp3) is 0.300. The summed E-state index contributed by atoms with van der Waals surface area (Å²) >= 11 is 0. The van der Waals surface area contributed by atoms with Crippen LogP contribution in [0.3, 0.4) is 0 Å². The van der Waals surface area contributed by atoms with Crippen LogP contribution in [-0.4, -0.2) is 24.4 Å². The highest BCUT2D eigenvalue weighted by Crippen LogP contribution is 2.33. The Balaban J connectivity index is 2.19. The van der Waals surface area contributed by atoms with E-state index in [2.05, 4.69) is 5.32 Å². The van der Waals surface area contributed by atoms with E-state index < -0.39 is 6.09 Å². The number of ether oxygens (including phenoxy) is 2. The molecule has 0 fully saturated rings. The molecule has 1 aromatic carbocycles. The van der Waals surface area contributed by atoms with Crippen LogP contribution in [0.15, 0.2) is 18.2 Å². The summed E-state index contributed by atoms with van der Waals surface area (Å²) in [4.78, 5) is 10.4. The van der Waals surface area contributed by atoms with E-state index in [1.54, 1.807) is 6.07 Å². The van der Waals surface area contributed by atoms with Crippen molar-refractivity contribution < 1.29 is 19.4 Å². The third-order valence-electron chi connectivity index (χ3n) is 2.08. The molecular weight excluding hydrogens is 198 g/mol. The Hall–Kier alpha value is -1.91. The maximum atomic E-state index is 10.4. The van der Waals surface area contributed by atoms with Crippen molar-refractivity contribution in [3.63, 3.8) is 0 Å². The van der Waals surface area contributed by atoms with Crippen molar-refractivity contribution in [2.45, 2.75) is 6.54 Å². The van der Waals surface area contributed by atoms with E-state index in [1.165, 1.54) is 0 Å². The zero-order valence-electron chi connectivity index (χ0n) is 8.03. The summed E-state index contributed by atoms with van der Waals surface area (Å²) in [7, 11) is 0. The molecule has 2 rings (SSSR count). The Morgan fingerprint density at radius 3 is 3.00 bits per heavy atom. The third-order valence-corrected chi connectivity index (χ3v) is 2.08. The van der Waals surface area contributed by atoms with Gasteiger partial charge in [0, 0.05) is 12.1 Å². The molecule has 0 saturated carbocycles. The predicted octanol–water partition coefficient (Wildman–Crippen LogP) is 1.23. The largest absolute Gasteiger partial charge is 0.486 e. The fourth-order valence-corrected chi connectivity index (χ4v) is 1.44. The summed E-state index contributed by atoms with van der Waals surface area (Å²) in [6.45, 7) is 1.25. The molecule has 0 aromatic heterocycles. The smallest absolute Gasteiger partial charge is 0.404 e. The van der Waals surface area contributed by atoms with Gasteiger partial charge in [-0.05, 0) is 6.07 Å². The number of carboxylic acid groups (broad SMARTS) is 1. The molecule has 15 heavy (non-hydrogen) atoms. The zero-order chi connectivity index (χ0) is 10.7. The number of amides is 1. The van der Waals surface area contributed by atoms with Gasteiger partial charge < -0.3 is 19.9 Å². The molecule has 0 radical (unpaired) electrons. The molecule has 1 heterocycles. The van der Waals surface area contributed by atoms with Gasteiger partial charge in [0.1, 0.15) is 13.2 Å². The highest BCUT2D eigenvalue weighted by atomic mass is 16.6. The summed E-state index contributed by atoms with van der Waals surface area (Å²) in [5.41, 5.74) is 0.787. The van der Waals surface area contributed by atoms with Gasteiger partial charge in [0.15, 0.2) is 11.5 Å². The second-order valence-electron chi connectivity index (χ2n) is 3.10. The van der Waals surface area contributed by atoms with E-state index in [0.29, 0.717) is 24.7 Å². The molecule has 0 saturated heterocycles. The number of rotatable bonds is 2. The highest BCUT2D eigenvalue weighted by Gasteiger charge is 2.15. The SMILES string of the molecule is O=C(O)NCc1cccc2c1OCCO2. The van der Waals surface area contributed by atoms with Gasteiger partial charge in [-0.1, -0.05) is 12.1 Å². The standard InChI is InChI=1S/C10H11NO4/c12-10(13)11-6-7-2-1-3-8-9(7)15-5-4-14-8/h1-3,11H,4-6H2,(H,12,13). The lowest BCUT2D eigenvalue weighted by atomic mass is 10.2. The molecule has 2 N–H and O–H groups in total. The predicted molar refractivity (Wildman–Crippen MR) is 52.3 cm³/mol. The number of nitrogens with one attached hydrogen (secondary N) is 1. The number of carbonyl (C=O) groups is 1. The van der Waals surface area contributed by atoms with Crippen LogP contribution in [0, 0.1) is 0 Å². The number of hydrogen-bond acceptors (Lipinski definition) is 3. The van der Waals surface area contributed by atoms with E-state index in [4.69, 9.17) is 14.6 Å². The summed E-state index contributed by atoms with van der Waals surface area (Å²) in [5.74, 6) is 1.31. The lowest BCUT2D eigenvalue weighted by Crippen LogP contribution is -2.22. The maximum absolute atomic E-state index is 10.4. The third kappa shape index (κ3) is 2.12. The highest BCUT2D eigenvalue weighted by molar-refractivity contribution is 5.64. The van der Waals surface area contributed by atoms with Crippen LogP contribution in [0.1, 0.15) is 5.56 Å². The monoisotopic (exact) mass is 209 g/mol. The minimum atomic E-state index is -1.05. The lowest BCUT2D eigenvalue weighted by Gasteiger charge is -2.20. The van der Waals surface area contributed by atoms with Crippen LogP contribution in [-0.2, 0) is 6.54 Å². The molecule has 5 heteroatoms. The van der Waals surface area contributed by atoms with E-state index >= 15 is 0 Å². The summed E-state index contributed by atoms with van der Waals surface area (Å²) in [6.07, 6.45) is -1.05. The maximum Gasteiger partial charge on any atom is 0.404 e. The van der Waals surface area contributed by atoms with Crippen molar-refractivity contribution in [1.29, 1.82) is 0 Å². The normalized spacial score (nSPS) is 13.3. The molecular formula is C10H11NO4. The van der Waals surface area contributed by atoms with E-state index in [0.717, 1.165) is 5.56 Å². The van der Waals surface area contributed by atoms with Crippen LogP contribution in [0.5, 0.6) is 11.5 Å². The number of fused-ring (bicyclic) bond motifs is 1. The van der Waals surface area contributed by atoms with Gasteiger partial charge in [-0.15, -0.1) is 0 Å². The Labute approximate surface area is 86.6 Å². The van der Waals surface area contributed by atoms with Crippen molar-refractivity contribution in [1.82, 2.24) is 5.32 Å². The summed E-state index contributed by atoms with van der Waals surface area (Å²) in [6, 6.07) is 5.43. The number of benzene rings is 1. The molecule has 1 aliphatic heterocycles. The number of hydrogen-bond donors (Lipinski definition) is 2. The van der Waals surface area contributed by atoms with Gasteiger partial charge in [-0.3, -0.25) is 0 Å². The molecule has 80 valence electrons. The zero-order valence-corrected chi connectivity index (χ0v) is 8.03. The Morgan fingerprint density at radius 2 is 2.20 bits per heavy atom. The van der Waals surface area contributed by atoms with Gasteiger partial charge in [0.05, 0.1) is 0 Å². The van der Waals surface area contributed by atoms with Crippen molar-refractivity contribution in [2.75, 3.05) is 13.2 Å². The lowest BCUT2D eigenvalue weighted by molar-refractivity contribution is 0.169. The van der Waals surface area contributed by atoms with E-state index in [1.807, 2.05) is 12.1 Å². The molecule has 0 spiro atoms. The van der Waals surface area contributed by atoms with Crippen molar-refractivity contribution in [3.05, 3.63) is 23.8 Å². The average Bonchev–Trinajstić information content (AvgIpc) is 2.26. The molecule has 1 aliphatic rings. The Bertz CT molecular complexity index is 378. The summed E-state index contributed by atoms with van der Waals surface area (Å²) < 4.78 is 10.8. The van der Waals surface area contributed by atoms with Crippen molar-refractivity contribution in [2.24, 2.45) is 0 Å². The van der Waals surface area contributed by atoms with E-state index in [-0.39, 0.29) is 6.54 Å². The molecule has 5 nitrogen and oxygen atoms in total. The summed E-state index contributed by atoms with van der Waals surface area (Å²) in [5, 5.41) is 10.8. The van der Waals surface area contributed by atoms with Gasteiger partial charge in [-0.2, -0.15) is 0 Å². The molecule has 0 aliphatic carbocycles. The molecule has 0 atom stereocenters. The second kappa shape index (κ2) is 4.08. The van der Waals surface area contributed by atoms with Crippen LogP contribution in [0.2, 0.25) is 0 Å². The minimum absolute atomic E-state index is 0.224. The molecule has 0 unspecified atom stereocenters. The first-order valence-electron chi connectivity index (χ1n) is 4.61. The Morgan fingerprint density at radius 1 is 1.40 bits per heavy atom. The Kier molecular flexibility index (Phi) is 2.62. The van der Waals surface area contributed by atoms with Crippen LogP contribution >= 0.6 is 0 Å². The van der Waals surface area contributed by atoms with Crippen LogP contribution < -0.4 is 14.8 Å². The topological polar surface area (TPSA) is 67.8 Å². The van der Waals surface area contributed by atoms with Gasteiger partial charge in [-0.25, -0.2) is 4.79 Å². The molecule has 1 aromatic rings. The molecule has 1 amide bonds. The first-order chi connectivity index (χ1) is 7.27. The van der Waals surface area contributed by atoms with Crippen LogP contribution in [0.25, 0.3) is 0 Å². The number of para-hydroxylation sites is 1. The quantitative estimate of drug-likeness (QED) is 0.768.